The van der Waals surface area contributed by atoms with Crippen molar-refractivity contribution in [1.29, 1.82) is 0 Å². The Hall–Kier alpha value is -3.62. The zero-order valence-electron chi connectivity index (χ0n) is 14.1. The first-order valence-corrected chi connectivity index (χ1v) is 7.89. The molecule has 0 spiro atoms. The molecule has 4 aromatic rings. The van der Waals surface area contributed by atoms with Crippen LogP contribution in [-0.2, 0) is 6.54 Å². The number of benzene rings is 1. The first-order chi connectivity index (χ1) is 12.5. The molecule has 0 saturated heterocycles. The quantitative estimate of drug-likeness (QED) is 0.513. The number of fused-ring (bicyclic) bond motifs is 1. The summed E-state index contributed by atoms with van der Waals surface area (Å²) in [6.07, 6.45) is 1.42. The molecule has 9 heteroatoms. The molecule has 0 amide bonds. The van der Waals surface area contributed by atoms with Crippen molar-refractivity contribution in [3.8, 4) is 5.69 Å². The van der Waals surface area contributed by atoms with Crippen molar-refractivity contribution in [3.63, 3.8) is 0 Å². The standard InChI is InChI=1S/C17H14N6O3/c1-10-15(26-11(2)19-10)14(24)9-22-17(25)13-8-18-23(16(13)20-21-22)12-6-4-3-5-7-12/h3-8H,9H2,1-2H3. The van der Waals surface area contributed by atoms with E-state index in [1.54, 1.807) is 13.8 Å². The van der Waals surface area contributed by atoms with Gasteiger partial charge in [-0.15, -0.1) is 5.10 Å². The van der Waals surface area contributed by atoms with Crippen molar-refractivity contribution in [2.75, 3.05) is 0 Å². The Morgan fingerprint density at radius 3 is 2.65 bits per heavy atom. The summed E-state index contributed by atoms with van der Waals surface area (Å²) in [5.41, 5.74) is 1.13. The third kappa shape index (κ3) is 2.59. The van der Waals surface area contributed by atoms with Crippen LogP contribution < -0.4 is 5.56 Å². The molecule has 0 aliphatic carbocycles. The molecule has 1 aromatic carbocycles. The number of rotatable bonds is 4. The van der Waals surface area contributed by atoms with Crippen LogP contribution >= 0.6 is 0 Å². The Morgan fingerprint density at radius 2 is 1.96 bits per heavy atom. The summed E-state index contributed by atoms with van der Waals surface area (Å²) >= 11 is 0. The maximum Gasteiger partial charge on any atom is 0.281 e. The van der Waals surface area contributed by atoms with E-state index in [-0.39, 0.29) is 17.7 Å². The van der Waals surface area contributed by atoms with Crippen LogP contribution in [0.1, 0.15) is 22.1 Å². The predicted molar refractivity (Wildman–Crippen MR) is 91.2 cm³/mol. The zero-order valence-corrected chi connectivity index (χ0v) is 14.1. The van der Waals surface area contributed by atoms with Crippen LogP contribution in [0.3, 0.4) is 0 Å². The number of aromatic nitrogens is 6. The highest BCUT2D eigenvalue weighted by molar-refractivity contribution is 5.94. The van der Waals surface area contributed by atoms with Crippen molar-refractivity contribution in [1.82, 2.24) is 29.8 Å². The lowest BCUT2D eigenvalue weighted by atomic mass is 10.2. The summed E-state index contributed by atoms with van der Waals surface area (Å²) in [7, 11) is 0. The highest BCUT2D eigenvalue weighted by atomic mass is 16.4. The fourth-order valence-electron chi connectivity index (χ4n) is 2.72. The first-order valence-electron chi connectivity index (χ1n) is 7.89. The normalized spacial score (nSPS) is 11.2. The van der Waals surface area contributed by atoms with Crippen molar-refractivity contribution >= 4 is 16.8 Å². The van der Waals surface area contributed by atoms with Crippen LogP contribution in [0.15, 0.2) is 45.7 Å². The number of carbonyl (C=O) groups excluding carboxylic acids is 1. The van der Waals surface area contributed by atoms with Crippen LogP contribution in [0.4, 0.5) is 0 Å². The van der Waals surface area contributed by atoms with Crippen molar-refractivity contribution in [3.05, 3.63) is 64.2 Å². The molecule has 0 N–H and O–H groups in total. The van der Waals surface area contributed by atoms with Gasteiger partial charge in [0.2, 0.25) is 5.78 Å². The molecular formula is C17H14N6O3. The Balaban J connectivity index is 1.72. The highest BCUT2D eigenvalue weighted by Crippen LogP contribution is 2.13. The molecule has 3 aromatic heterocycles. The second-order valence-electron chi connectivity index (χ2n) is 5.75. The highest BCUT2D eigenvalue weighted by Gasteiger charge is 2.19. The fraction of sp³-hybridized carbons (Fsp3) is 0.176. The van der Waals surface area contributed by atoms with E-state index in [2.05, 4.69) is 20.4 Å². The van der Waals surface area contributed by atoms with Crippen LogP contribution in [0, 0.1) is 13.8 Å². The minimum atomic E-state index is -0.445. The number of carbonyl (C=O) groups is 1. The molecule has 0 unspecified atom stereocenters. The van der Waals surface area contributed by atoms with Gasteiger partial charge >= 0.3 is 0 Å². The average molecular weight is 350 g/mol. The van der Waals surface area contributed by atoms with Crippen LogP contribution in [-0.4, -0.2) is 35.5 Å². The third-order valence-electron chi connectivity index (χ3n) is 3.91. The van der Waals surface area contributed by atoms with Crippen molar-refractivity contribution in [2.24, 2.45) is 0 Å². The second-order valence-corrected chi connectivity index (χ2v) is 5.75. The van der Waals surface area contributed by atoms with Gasteiger partial charge in [-0.05, 0) is 19.1 Å². The van der Waals surface area contributed by atoms with E-state index in [0.29, 0.717) is 17.2 Å². The lowest BCUT2D eigenvalue weighted by molar-refractivity contribution is 0.0935. The number of nitrogens with zero attached hydrogens (tertiary/aromatic N) is 6. The van der Waals surface area contributed by atoms with E-state index >= 15 is 0 Å². The summed E-state index contributed by atoms with van der Waals surface area (Å²) in [4.78, 5) is 29.1. The molecule has 0 radical (unpaired) electrons. The van der Waals surface area contributed by atoms with Gasteiger partial charge in [0.25, 0.3) is 5.56 Å². The average Bonchev–Trinajstić information content (AvgIpc) is 3.21. The molecule has 0 fully saturated rings. The molecule has 0 bridgehead atoms. The number of aryl methyl sites for hydroxylation is 2. The summed E-state index contributed by atoms with van der Waals surface area (Å²) in [5.74, 6) is 0.120. The number of hydrogen-bond acceptors (Lipinski definition) is 7. The molecular weight excluding hydrogens is 336 g/mol. The number of Topliss-reactive ketones (excluding diaryl/α,β-unsaturated/α-hetero) is 1. The minimum Gasteiger partial charge on any atom is -0.438 e. The molecule has 0 saturated carbocycles. The van der Waals surface area contributed by atoms with E-state index in [0.717, 1.165) is 10.4 Å². The molecule has 130 valence electrons. The monoisotopic (exact) mass is 350 g/mol. The lowest BCUT2D eigenvalue weighted by Crippen LogP contribution is -2.28. The Morgan fingerprint density at radius 1 is 1.19 bits per heavy atom. The first kappa shape index (κ1) is 15.9. The molecule has 9 nitrogen and oxygen atoms in total. The summed E-state index contributed by atoms with van der Waals surface area (Å²) in [6, 6.07) is 9.29. The van der Waals surface area contributed by atoms with Gasteiger partial charge in [-0.2, -0.15) is 5.10 Å². The van der Waals surface area contributed by atoms with E-state index < -0.39 is 11.3 Å². The molecule has 26 heavy (non-hydrogen) atoms. The van der Waals surface area contributed by atoms with Gasteiger partial charge in [-0.1, -0.05) is 23.4 Å². The van der Waals surface area contributed by atoms with E-state index in [9.17, 15) is 9.59 Å². The van der Waals surface area contributed by atoms with Crippen LogP contribution in [0.25, 0.3) is 16.7 Å². The summed E-state index contributed by atoms with van der Waals surface area (Å²) in [5, 5.41) is 12.4. The van der Waals surface area contributed by atoms with Gasteiger partial charge < -0.3 is 4.42 Å². The Labute approximate surface area is 146 Å². The molecule has 0 aliphatic heterocycles. The Kier molecular flexibility index (Phi) is 3.68. The predicted octanol–water partition coefficient (Wildman–Crippen LogP) is 1.46. The number of para-hydroxylation sites is 1. The minimum absolute atomic E-state index is 0.122. The Bertz CT molecular complexity index is 1170. The van der Waals surface area contributed by atoms with Gasteiger partial charge in [-0.25, -0.2) is 14.3 Å². The lowest BCUT2D eigenvalue weighted by Gasteiger charge is -2.03. The van der Waals surface area contributed by atoms with Crippen LogP contribution in [0.5, 0.6) is 0 Å². The molecule has 0 atom stereocenters. The number of ketones is 1. The summed E-state index contributed by atoms with van der Waals surface area (Å²) < 4.78 is 7.82. The van der Waals surface area contributed by atoms with Gasteiger partial charge in [-0.3, -0.25) is 9.59 Å². The van der Waals surface area contributed by atoms with E-state index in [1.165, 1.54) is 10.9 Å². The van der Waals surface area contributed by atoms with Gasteiger partial charge in [0.05, 0.1) is 17.6 Å². The molecule has 3 heterocycles. The number of hydrogen-bond donors (Lipinski definition) is 0. The van der Waals surface area contributed by atoms with Gasteiger partial charge in [0.1, 0.15) is 11.9 Å². The third-order valence-corrected chi connectivity index (χ3v) is 3.91. The van der Waals surface area contributed by atoms with E-state index in [4.69, 9.17) is 4.42 Å². The maximum atomic E-state index is 12.6. The van der Waals surface area contributed by atoms with Gasteiger partial charge in [0, 0.05) is 6.92 Å². The zero-order chi connectivity index (χ0) is 18.3. The van der Waals surface area contributed by atoms with Crippen molar-refractivity contribution in [2.45, 2.75) is 20.4 Å². The van der Waals surface area contributed by atoms with Gasteiger partial charge in [0.15, 0.2) is 17.3 Å². The van der Waals surface area contributed by atoms with E-state index in [1.807, 2.05) is 30.3 Å². The van der Waals surface area contributed by atoms with Crippen LogP contribution in [0.2, 0.25) is 0 Å². The second kappa shape index (κ2) is 6.03. The molecule has 0 aliphatic rings. The smallest absolute Gasteiger partial charge is 0.281 e. The van der Waals surface area contributed by atoms with Crippen molar-refractivity contribution < 1.29 is 9.21 Å². The fourth-order valence-corrected chi connectivity index (χ4v) is 2.72. The summed E-state index contributed by atoms with van der Waals surface area (Å²) in [6.45, 7) is 3.04. The topological polar surface area (TPSA) is 109 Å². The SMILES string of the molecule is Cc1nc(C)c(C(=O)Cn2nnc3c(cnn3-c3ccccc3)c2=O)o1. The largest absolute Gasteiger partial charge is 0.438 e. The maximum absolute atomic E-state index is 12.6. The number of oxazole rings is 1. The molecule has 4 rings (SSSR count).